The molecule has 0 unspecified atom stereocenters. The van der Waals surface area contributed by atoms with Crippen LogP contribution in [0.1, 0.15) is 27.8 Å². The van der Waals surface area contributed by atoms with E-state index in [2.05, 4.69) is 25.7 Å². The van der Waals surface area contributed by atoms with Crippen LogP contribution in [0.5, 0.6) is 0 Å². The van der Waals surface area contributed by atoms with Gasteiger partial charge in [-0.15, -0.1) is 0 Å². The van der Waals surface area contributed by atoms with Crippen LogP contribution in [0.3, 0.4) is 0 Å². The van der Waals surface area contributed by atoms with Crippen molar-refractivity contribution >= 4 is 5.69 Å². The molecule has 0 aliphatic heterocycles. The molecular formula is C11H15N2+. The Morgan fingerprint density at radius 2 is 1.00 bits per heavy atom. The van der Waals surface area contributed by atoms with Gasteiger partial charge in [-0.3, -0.25) is 0 Å². The highest BCUT2D eigenvalue weighted by atomic mass is 14.9. The third-order valence-electron chi connectivity index (χ3n) is 3.06. The van der Waals surface area contributed by atoms with Gasteiger partial charge >= 0.3 is 5.69 Å². The zero-order valence-electron chi connectivity index (χ0n) is 8.89. The minimum Gasteiger partial charge on any atom is -0.0442 e. The van der Waals surface area contributed by atoms with Gasteiger partial charge in [0.2, 0.25) is 5.39 Å². The van der Waals surface area contributed by atoms with E-state index in [4.69, 9.17) is 5.39 Å². The third-order valence-corrected chi connectivity index (χ3v) is 3.06. The van der Waals surface area contributed by atoms with Crippen LogP contribution in [0.2, 0.25) is 0 Å². The van der Waals surface area contributed by atoms with Gasteiger partial charge in [-0.2, -0.15) is 0 Å². The maximum atomic E-state index is 8.86. The van der Waals surface area contributed by atoms with Gasteiger partial charge in [-0.1, -0.05) is 0 Å². The summed E-state index contributed by atoms with van der Waals surface area (Å²) in [4.78, 5) is 3.33. The first kappa shape index (κ1) is 9.73. The second kappa shape index (κ2) is 3.18. The van der Waals surface area contributed by atoms with E-state index in [-0.39, 0.29) is 0 Å². The Kier molecular flexibility index (Phi) is 2.38. The van der Waals surface area contributed by atoms with Crippen molar-refractivity contribution in [2.75, 3.05) is 0 Å². The van der Waals surface area contributed by atoms with Crippen molar-refractivity contribution in [3.63, 3.8) is 0 Å². The lowest BCUT2D eigenvalue weighted by Gasteiger charge is -2.08. The topological polar surface area (TPSA) is 28.1 Å². The molecule has 0 N–H and O–H groups in total. The smallest absolute Gasteiger partial charge is 0.0442 e. The molecule has 0 atom stereocenters. The first-order valence-electron chi connectivity index (χ1n) is 4.42. The number of diazo groups is 1. The zero-order chi connectivity index (χ0) is 10.2. The lowest BCUT2D eigenvalue weighted by atomic mass is 9.93. The molecule has 0 aromatic heterocycles. The normalized spacial score (nSPS) is 9.85. The van der Waals surface area contributed by atoms with Crippen LogP contribution in [0, 0.1) is 40.0 Å². The Labute approximate surface area is 79.2 Å². The summed E-state index contributed by atoms with van der Waals surface area (Å²) in [6, 6.07) is 0. The molecular weight excluding hydrogens is 160 g/mol. The van der Waals surface area contributed by atoms with Crippen molar-refractivity contribution < 1.29 is 0 Å². The van der Waals surface area contributed by atoms with E-state index in [0.717, 1.165) is 16.8 Å². The number of hydrogen-bond donors (Lipinski definition) is 0. The first-order valence-corrected chi connectivity index (χ1v) is 4.42. The van der Waals surface area contributed by atoms with Gasteiger partial charge in [0.05, 0.1) is 0 Å². The highest BCUT2D eigenvalue weighted by Gasteiger charge is 2.20. The molecule has 13 heavy (non-hydrogen) atoms. The molecule has 1 rings (SSSR count). The molecule has 0 aliphatic carbocycles. The van der Waals surface area contributed by atoms with E-state index in [0.29, 0.717) is 0 Å². The van der Waals surface area contributed by atoms with Crippen molar-refractivity contribution in [1.82, 2.24) is 0 Å². The average molecular weight is 175 g/mol. The van der Waals surface area contributed by atoms with Gasteiger partial charge in [0.15, 0.2) is 4.98 Å². The van der Waals surface area contributed by atoms with Crippen LogP contribution in [0.4, 0.5) is 5.69 Å². The highest BCUT2D eigenvalue weighted by Crippen LogP contribution is 2.31. The van der Waals surface area contributed by atoms with Gasteiger partial charge < -0.3 is 0 Å². The largest absolute Gasteiger partial charge is 0.391 e. The number of nitrogens with zero attached hydrogens (tertiary/aromatic N) is 2. The van der Waals surface area contributed by atoms with Gasteiger partial charge in [0, 0.05) is 11.1 Å². The molecule has 2 heteroatoms. The maximum Gasteiger partial charge on any atom is 0.391 e. The molecule has 0 fully saturated rings. The Morgan fingerprint density at radius 1 is 0.692 bits per heavy atom. The van der Waals surface area contributed by atoms with E-state index in [9.17, 15) is 0 Å². The lowest BCUT2D eigenvalue weighted by Crippen LogP contribution is -1.94. The molecule has 1 aromatic carbocycles. The van der Waals surface area contributed by atoms with Crippen LogP contribution in [-0.2, 0) is 0 Å². The molecule has 68 valence electrons. The second-order valence-electron chi connectivity index (χ2n) is 3.57. The summed E-state index contributed by atoms with van der Waals surface area (Å²) in [6.45, 7) is 10.2. The highest BCUT2D eigenvalue weighted by molar-refractivity contribution is 5.64. The van der Waals surface area contributed by atoms with Gasteiger partial charge in [-0.05, 0) is 51.3 Å². The number of rotatable bonds is 0. The minimum absolute atomic E-state index is 0.723. The summed E-state index contributed by atoms with van der Waals surface area (Å²) in [7, 11) is 0. The quantitative estimate of drug-likeness (QED) is 0.552. The zero-order valence-corrected chi connectivity index (χ0v) is 8.89. The van der Waals surface area contributed by atoms with Crippen molar-refractivity contribution in [2.24, 2.45) is 0 Å². The van der Waals surface area contributed by atoms with Gasteiger partial charge in [0.1, 0.15) is 0 Å². The maximum absolute atomic E-state index is 8.86. The summed E-state index contributed by atoms with van der Waals surface area (Å²) in [5.41, 5.74) is 6.60. The first-order chi connectivity index (χ1) is 6.00. The van der Waals surface area contributed by atoms with Crippen molar-refractivity contribution in [3.05, 3.63) is 32.8 Å². The molecule has 0 spiro atoms. The van der Waals surface area contributed by atoms with E-state index >= 15 is 0 Å². The minimum atomic E-state index is 0.723. The summed E-state index contributed by atoms with van der Waals surface area (Å²) in [5.74, 6) is 0. The van der Waals surface area contributed by atoms with Crippen LogP contribution < -0.4 is 0 Å². The van der Waals surface area contributed by atoms with E-state index in [1.165, 1.54) is 16.7 Å². The second-order valence-corrected chi connectivity index (χ2v) is 3.57. The van der Waals surface area contributed by atoms with Gasteiger partial charge in [0.25, 0.3) is 0 Å². The Balaban J connectivity index is 3.69. The molecule has 0 heterocycles. The molecule has 0 radical (unpaired) electrons. The van der Waals surface area contributed by atoms with Crippen LogP contribution >= 0.6 is 0 Å². The van der Waals surface area contributed by atoms with Crippen LogP contribution in [0.25, 0.3) is 4.98 Å². The fourth-order valence-corrected chi connectivity index (χ4v) is 1.63. The molecule has 0 aliphatic rings. The van der Waals surface area contributed by atoms with Crippen LogP contribution in [0.15, 0.2) is 0 Å². The van der Waals surface area contributed by atoms with E-state index < -0.39 is 0 Å². The standard InChI is InChI=1S/C11H15N2/c1-6-7(2)9(4)11(13-12)10(5)8(6)3/h1-5H3/q+1. The van der Waals surface area contributed by atoms with Crippen molar-refractivity contribution in [3.8, 4) is 0 Å². The molecule has 0 saturated heterocycles. The van der Waals surface area contributed by atoms with E-state index in [1.54, 1.807) is 0 Å². The fourth-order valence-electron chi connectivity index (χ4n) is 1.63. The van der Waals surface area contributed by atoms with Crippen molar-refractivity contribution in [1.29, 1.82) is 5.39 Å². The van der Waals surface area contributed by atoms with E-state index in [1.807, 2.05) is 13.8 Å². The molecule has 2 nitrogen and oxygen atoms in total. The molecule has 1 aromatic rings. The Morgan fingerprint density at radius 3 is 1.31 bits per heavy atom. The third kappa shape index (κ3) is 1.31. The predicted molar refractivity (Wildman–Crippen MR) is 54.9 cm³/mol. The fraction of sp³-hybridized carbons (Fsp3) is 0.455. The van der Waals surface area contributed by atoms with Gasteiger partial charge in [-0.25, -0.2) is 0 Å². The summed E-state index contributed by atoms with van der Waals surface area (Å²) >= 11 is 0. The molecule has 0 amide bonds. The Bertz CT molecular complexity index is 369. The number of hydrogen-bond acceptors (Lipinski definition) is 1. The molecule has 0 saturated carbocycles. The predicted octanol–water partition coefficient (Wildman–Crippen LogP) is 3.71. The monoisotopic (exact) mass is 175 g/mol. The average Bonchev–Trinajstić information content (AvgIpc) is 2.13. The Hall–Kier alpha value is -1.36. The lowest BCUT2D eigenvalue weighted by molar-refractivity contribution is 1.18. The van der Waals surface area contributed by atoms with Crippen molar-refractivity contribution in [2.45, 2.75) is 34.6 Å². The van der Waals surface area contributed by atoms with Crippen LogP contribution in [-0.4, -0.2) is 0 Å². The summed E-state index contributed by atoms with van der Waals surface area (Å²) in [6.07, 6.45) is 0. The summed E-state index contributed by atoms with van der Waals surface area (Å²) in [5, 5.41) is 8.86. The summed E-state index contributed by atoms with van der Waals surface area (Å²) < 4.78 is 0. The SMILES string of the molecule is Cc1c(C)c(C)c([N+]#N)c(C)c1C. The molecule has 0 bridgehead atoms. The number of benzene rings is 1.